The molecule has 1 aromatic rings. The number of rotatable bonds is 2. The molecule has 4 amide bonds. The lowest BCUT2D eigenvalue weighted by Crippen LogP contribution is -2.60. The number of benzene rings is 1. The Hall–Kier alpha value is -2.08. The summed E-state index contributed by atoms with van der Waals surface area (Å²) in [5.41, 5.74) is -0.439. The fraction of sp³-hybridized carbons (Fsp3) is 0.308. The summed E-state index contributed by atoms with van der Waals surface area (Å²) >= 11 is 6.05. The lowest BCUT2D eigenvalue weighted by atomic mass is 10.0. The van der Waals surface area contributed by atoms with E-state index in [9.17, 15) is 14.4 Å². The number of imide groups is 1. The third kappa shape index (κ3) is 2.46. The van der Waals surface area contributed by atoms with Crippen LogP contribution >= 0.6 is 11.6 Å². The number of halogens is 1. The van der Waals surface area contributed by atoms with Crippen molar-refractivity contribution in [1.82, 2.24) is 9.80 Å². The lowest BCUT2D eigenvalue weighted by Gasteiger charge is -2.37. The second kappa shape index (κ2) is 5.50. The van der Waals surface area contributed by atoms with Gasteiger partial charge in [0.05, 0.1) is 0 Å². The summed E-state index contributed by atoms with van der Waals surface area (Å²) in [4.78, 5) is 38.0. The molecule has 1 saturated heterocycles. The number of para-hydroxylation sites is 1. The molecule has 1 fully saturated rings. The van der Waals surface area contributed by atoms with E-state index in [1.807, 2.05) is 6.07 Å². The van der Waals surface area contributed by atoms with Crippen LogP contribution in [-0.4, -0.2) is 47.2 Å². The summed E-state index contributed by atoms with van der Waals surface area (Å²) in [5, 5.41) is 2.62. The number of amides is 4. The van der Waals surface area contributed by atoms with Crippen LogP contribution in [-0.2, 0) is 9.59 Å². The van der Waals surface area contributed by atoms with Gasteiger partial charge in [0.1, 0.15) is 5.50 Å². The van der Waals surface area contributed by atoms with Gasteiger partial charge in [-0.25, -0.2) is 4.79 Å². The van der Waals surface area contributed by atoms with Crippen LogP contribution in [0.4, 0.5) is 10.5 Å². The zero-order valence-electron chi connectivity index (χ0n) is 11.0. The fourth-order valence-electron chi connectivity index (χ4n) is 1.96. The Bertz CT molecular complexity index is 549. The molecule has 0 aliphatic carbocycles. The fourth-order valence-corrected chi connectivity index (χ4v) is 2.27. The molecule has 106 valence electrons. The molecule has 1 heterocycles. The van der Waals surface area contributed by atoms with Crippen molar-refractivity contribution < 1.29 is 14.4 Å². The molecular weight excluding hydrogens is 282 g/mol. The second-order valence-corrected chi connectivity index (χ2v) is 4.94. The van der Waals surface area contributed by atoms with Crippen LogP contribution in [0.3, 0.4) is 0 Å². The van der Waals surface area contributed by atoms with Crippen LogP contribution in [0.5, 0.6) is 0 Å². The van der Waals surface area contributed by atoms with E-state index in [2.05, 4.69) is 5.32 Å². The van der Waals surface area contributed by atoms with Crippen molar-refractivity contribution >= 4 is 35.1 Å². The molecule has 2 unspecified atom stereocenters. The second-order valence-electron chi connectivity index (χ2n) is 4.50. The lowest BCUT2D eigenvalue weighted by molar-refractivity contribution is -0.141. The first-order valence-corrected chi connectivity index (χ1v) is 6.41. The van der Waals surface area contributed by atoms with Crippen molar-refractivity contribution in [3.05, 3.63) is 30.3 Å². The van der Waals surface area contributed by atoms with Crippen LogP contribution in [0.1, 0.15) is 0 Å². The third-order valence-electron chi connectivity index (χ3n) is 3.15. The molecule has 1 N–H and O–H groups in total. The highest BCUT2D eigenvalue weighted by atomic mass is 35.5. The first-order chi connectivity index (χ1) is 9.43. The highest BCUT2D eigenvalue weighted by molar-refractivity contribution is 6.28. The zero-order valence-corrected chi connectivity index (χ0v) is 11.8. The van der Waals surface area contributed by atoms with Crippen molar-refractivity contribution in [2.75, 3.05) is 19.4 Å². The van der Waals surface area contributed by atoms with Crippen LogP contribution < -0.4 is 5.32 Å². The van der Waals surface area contributed by atoms with Gasteiger partial charge in [0.25, 0.3) is 0 Å². The first-order valence-electron chi connectivity index (χ1n) is 5.98. The van der Waals surface area contributed by atoms with Gasteiger partial charge in [0.2, 0.25) is 11.8 Å². The Morgan fingerprint density at radius 3 is 2.40 bits per heavy atom. The number of urea groups is 1. The normalized spacial score (nSPS) is 22.9. The van der Waals surface area contributed by atoms with Crippen molar-refractivity contribution in [2.45, 2.75) is 5.50 Å². The van der Waals surface area contributed by atoms with E-state index in [0.29, 0.717) is 5.69 Å². The van der Waals surface area contributed by atoms with E-state index in [1.54, 1.807) is 24.3 Å². The molecule has 0 bridgehead atoms. The molecule has 0 saturated carbocycles. The number of hydrogen-bond acceptors (Lipinski definition) is 3. The van der Waals surface area contributed by atoms with Gasteiger partial charge < -0.3 is 10.2 Å². The van der Waals surface area contributed by atoms with Crippen LogP contribution in [0, 0.1) is 5.92 Å². The molecule has 0 aromatic heterocycles. The number of hydrogen-bond donors (Lipinski definition) is 1. The highest BCUT2D eigenvalue weighted by Gasteiger charge is 2.46. The van der Waals surface area contributed by atoms with Crippen molar-refractivity contribution in [3.8, 4) is 0 Å². The highest BCUT2D eigenvalue weighted by Crippen LogP contribution is 2.25. The predicted octanol–water partition coefficient (Wildman–Crippen LogP) is 1.33. The topological polar surface area (TPSA) is 69.7 Å². The molecule has 1 aromatic carbocycles. The van der Waals surface area contributed by atoms with Gasteiger partial charge in [-0.1, -0.05) is 29.8 Å². The van der Waals surface area contributed by atoms with Gasteiger partial charge in [-0.3, -0.25) is 14.5 Å². The summed E-state index contributed by atoms with van der Waals surface area (Å²) in [6.07, 6.45) is 0. The average Bonchev–Trinajstić information content (AvgIpc) is 2.44. The van der Waals surface area contributed by atoms with Gasteiger partial charge in [-0.2, -0.15) is 0 Å². The Morgan fingerprint density at radius 1 is 1.20 bits per heavy atom. The molecule has 1 aliphatic heterocycles. The Kier molecular flexibility index (Phi) is 3.94. The maximum absolute atomic E-state index is 12.2. The minimum Gasteiger partial charge on any atom is -0.325 e. The molecule has 6 nitrogen and oxygen atoms in total. The first kappa shape index (κ1) is 14.3. The quantitative estimate of drug-likeness (QED) is 0.508. The minimum absolute atomic E-state index is 0.529. The van der Waals surface area contributed by atoms with E-state index in [0.717, 1.165) is 9.80 Å². The SMILES string of the molecule is CN1C(=O)C(C(=O)Nc2ccccc2)C(Cl)N(C)C1=O. The Labute approximate surface area is 121 Å². The van der Waals surface area contributed by atoms with Crippen molar-refractivity contribution in [1.29, 1.82) is 0 Å². The van der Waals surface area contributed by atoms with Crippen LogP contribution in [0.25, 0.3) is 0 Å². The maximum atomic E-state index is 12.2. The zero-order chi connectivity index (χ0) is 14.9. The van der Waals surface area contributed by atoms with E-state index in [1.165, 1.54) is 14.1 Å². The Balaban J connectivity index is 2.20. The smallest absolute Gasteiger partial charge is 0.325 e. The monoisotopic (exact) mass is 295 g/mol. The summed E-state index contributed by atoms with van der Waals surface area (Å²) in [6.45, 7) is 0. The van der Waals surface area contributed by atoms with Crippen LogP contribution in [0.15, 0.2) is 30.3 Å². The molecule has 20 heavy (non-hydrogen) atoms. The van der Waals surface area contributed by atoms with E-state index >= 15 is 0 Å². The van der Waals surface area contributed by atoms with Gasteiger partial charge in [0, 0.05) is 19.8 Å². The van der Waals surface area contributed by atoms with E-state index in [4.69, 9.17) is 11.6 Å². The van der Waals surface area contributed by atoms with Crippen LogP contribution in [0.2, 0.25) is 0 Å². The third-order valence-corrected chi connectivity index (χ3v) is 3.70. The molecule has 2 rings (SSSR count). The largest absolute Gasteiger partial charge is 0.327 e. The van der Waals surface area contributed by atoms with Gasteiger partial charge in [-0.05, 0) is 12.1 Å². The molecule has 0 radical (unpaired) electrons. The van der Waals surface area contributed by atoms with Gasteiger partial charge in [-0.15, -0.1) is 0 Å². The van der Waals surface area contributed by atoms with Crippen molar-refractivity contribution in [2.24, 2.45) is 5.92 Å². The van der Waals surface area contributed by atoms with Gasteiger partial charge in [0.15, 0.2) is 5.92 Å². The summed E-state index contributed by atoms with van der Waals surface area (Å²) in [6, 6.07) is 8.21. The molecular formula is C13H14ClN3O3. The minimum atomic E-state index is -1.13. The van der Waals surface area contributed by atoms with Crippen molar-refractivity contribution in [3.63, 3.8) is 0 Å². The summed E-state index contributed by atoms with van der Waals surface area (Å²) in [7, 11) is 2.78. The number of anilines is 1. The maximum Gasteiger partial charge on any atom is 0.327 e. The molecule has 1 aliphatic rings. The number of carbonyl (C=O) groups is 3. The summed E-state index contributed by atoms with van der Waals surface area (Å²) in [5.74, 6) is -2.28. The number of carbonyl (C=O) groups excluding carboxylic acids is 3. The Morgan fingerprint density at radius 2 is 1.80 bits per heavy atom. The number of nitrogens with zero attached hydrogens (tertiary/aromatic N) is 2. The molecule has 7 heteroatoms. The predicted molar refractivity (Wildman–Crippen MR) is 74.1 cm³/mol. The van der Waals surface area contributed by atoms with E-state index < -0.39 is 29.3 Å². The number of nitrogens with one attached hydrogen (secondary N) is 1. The average molecular weight is 296 g/mol. The summed E-state index contributed by atoms with van der Waals surface area (Å²) < 4.78 is 0. The number of alkyl halides is 1. The molecule has 2 atom stereocenters. The van der Waals surface area contributed by atoms with Gasteiger partial charge >= 0.3 is 6.03 Å². The molecule has 0 spiro atoms. The van der Waals surface area contributed by atoms with E-state index in [-0.39, 0.29) is 0 Å². The standard InChI is InChI=1S/C13H14ClN3O3/c1-16-10(14)9(12(19)17(2)13(16)20)11(18)15-8-6-4-3-5-7-8/h3-7,9-10H,1-2H3,(H,15,18).